The van der Waals surface area contributed by atoms with E-state index in [9.17, 15) is 9.90 Å². The lowest BCUT2D eigenvalue weighted by Crippen LogP contribution is -2.17. The first-order valence-electron chi connectivity index (χ1n) is 6.26. The highest BCUT2D eigenvalue weighted by Gasteiger charge is 2.03. The highest BCUT2D eigenvalue weighted by Crippen LogP contribution is 2.16. The smallest absolute Gasteiger partial charge is 0.271 e. The zero-order valence-electron chi connectivity index (χ0n) is 11.4. The molecule has 0 radical (unpaired) electrons. The van der Waals surface area contributed by atoms with Crippen molar-refractivity contribution in [1.29, 1.82) is 0 Å². The molecule has 2 aromatic rings. The van der Waals surface area contributed by atoms with E-state index < -0.39 is 0 Å². The molecule has 4 heteroatoms. The molecule has 0 aliphatic heterocycles. The Bertz CT molecular complexity index is 646. The molecule has 0 spiro atoms. The monoisotopic (exact) mass is 268 g/mol. The maximum atomic E-state index is 11.8. The molecule has 2 rings (SSSR count). The molecule has 2 N–H and O–H groups in total. The fourth-order valence-corrected chi connectivity index (χ4v) is 1.69. The van der Waals surface area contributed by atoms with Gasteiger partial charge in [0, 0.05) is 11.1 Å². The third-order valence-corrected chi connectivity index (χ3v) is 2.87. The van der Waals surface area contributed by atoms with Crippen molar-refractivity contribution in [2.45, 2.75) is 13.8 Å². The predicted octanol–water partition coefficient (Wildman–Crippen LogP) is 2.77. The summed E-state index contributed by atoms with van der Waals surface area (Å²) in [5.74, 6) is -0.147. The summed E-state index contributed by atoms with van der Waals surface area (Å²) in [5, 5.41) is 13.5. The van der Waals surface area contributed by atoms with Gasteiger partial charge in [0.05, 0.1) is 6.21 Å². The van der Waals surface area contributed by atoms with Gasteiger partial charge in [-0.05, 0) is 43.7 Å². The number of phenols is 1. The Morgan fingerprint density at radius 2 is 1.75 bits per heavy atom. The summed E-state index contributed by atoms with van der Waals surface area (Å²) < 4.78 is 0. The Morgan fingerprint density at radius 1 is 1.10 bits per heavy atom. The molecule has 0 aromatic heterocycles. The Hall–Kier alpha value is -2.62. The Labute approximate surface area is 117 Å². The lowest BCUT2D eigenvalue weighted by atomic mass is 10.1. The molecule has 0 saturated heterocycles. The average molecular weight is 268 g/mol. The van der Waals surface area contributed by atoms with Crippen LogP contribution >= 0.6 is 0 Å². The van der Waals surface area contributed by atoms with E-state index in [1.54, 1.807) is 24.3 Å². The highest BCUT2D eigenvalue weighted by atomic mass is 16.3. The zero-order chi connectivity index (χ0) is 14.5. The van der Waals surface area contributed by atoms with Crippen molar-refractivity contribution in [2.75, 3.05) is 0 Å². The number of amides is 1. The van der Waals surface area contributed by atoms with Crippen LogP contribution in [0.3, 0.4) is 0 Å². The van der Waals surface area contributed by atoms with Crippen LogP contribution in [0.25, 0.3) is 0 Å². The van der Waals surface area contributed by atoms with E-state index in [4.69, 9.17) is 0 Å². The van der Waals surface area contributed by atoms with Gasteiger partial charge in [-0.2, -0.15) is 5.10 Å². The van der Waals surface area contributed by atoms with Gasteiger partial charge in [0.2, 0.25) is 0 Å². The van der Waals surface area contributed by atoms with Crippen molar-refractivity contribution in [3.63, 3.8) is 0 Å². The first kappa shape index (κ1) is 13.8. The van der Waals surface area contributed by atoms with Crippen molar-refractivity contribution in [3.8, 4) is 5.75 Å². The van der Waals surface area contributed by atoms with Gasteiger partial charge < -0.3 is 5.11 Å². The molecule has 0 saturated carbocycles. The molecule has 4 nitrogen and oxygen atoms in total. The fourth-order valence-electron chi connectivity index (χ4n) is 1.69. The minimum Gasteiger partial charge on any atom is -0.507 e. The van der Waals surface area contributed by atoms with E-state index in [1.165, 1.54) is 6.21 Å². The minimum absolute atomic E-state index is 0.137. The molecule has 1 amide bonds. The normalized spacial score (nSPS) is 10.7. The number of carbonyl (C=O) groups is 1. The second-order valence-electron chi connectivity index (χ2n) is 4.63. The van der Waals surface area contributed by atoms with Crippen LogP contribution in [0.15, 0.2) is 47.6 Å². The summed E-state index contributed by atoms with van der Waals surface area (Å²) in [7, 11) is 0. The molecule has 0 atom stereocenters. The number of carbonyl (C=O) groups excluding carboxylic acids is 1. The summed E-state index contributed by atoms with van der Waals surface area (Å²) >= 11 is 0. The third-order valence-electron chi connectivity index (χ3n) is 2.87. The van der Waals surface area contributed by atoms with Gasteiger partial charge in [-0.15, -0.1) is 0 Å². The number of phenolic OH excluding ortho intramolecular Hbond substituents is 1. The predicted molar refractivity (Wildman–Crippen MR) is 79.1 cm³/mol. The van der Waals surface area contributed by atoms with Gasteiger partial charge in [-0.1, -0.05) is 23.8 Å². The Morgan fingerprint density at radius 3 is 2.40 bits per heavy atom. The molecule has 20 heavy (non-hydrogen) atoms. The first-order valence-corrected chi connectivity index (χ1v) is 6.26. The maximum absolute atomic E-state index is 11.8. The van der Waals surface area contributed by atoms with Crippen molar-refractivity contribution >= 4 is 12.1 Å². The van der Waals surface area contributed by atoms with E-state index in [2.05, 4.69) is 10.5 Å². The van der Waals surface area contributed by atoms with Crippen LogP contribution in [0.1, 0.15) is 27.0 Å². The summed E-state index contributed by atoms with van der Waals surface area (Å²) in [6, 6.07) is 12.5. The Kier molecular flexibility index (Phi) is 4.15. The second-order valence-corrected chi connectivity index (χ2v) is 4.63. The van der Waals surface area contributed by atoms with Gasteiger partial charge >= 0.3 is 0 Å². The standard InChI is InChI=1S/C16H16N2O2/c1-11-3-6-13(7-4-11)16(20)18-17-10-14-8-5-12(2)9-15(14)19/h3-10,19H,1-2H3,(H,18,20)/b17-10+. The molecule has 0 aliphatic rings. The van der Waals surface area contributed by atoms with Crippen molar-refractivity contribution in [2.24, 2.45) is 5.10 Å². The van der Waals surface area contributed by atoms with E-state index in [0.717, 1.165) is 11.1 Å². The molecule has 0 heterocycles. The third kappa shape index (κ3) is 3.45. The number of hydrogen-bond donors (Lipinski definition) is 2. The number of benzene rings is 2. The number of hydrazone groups is 1. The molecule has 0 fully saturated rings. The number of rotatable bonds is 3. The van der Waals surface area contributed by atoms with Crippen molar-refractivity contribution < 1.29 is 9.90 Å². The fraction of sp³-hybridized carbons (Fsp3) is 0.125. The van der Waals surface area contributed by atoms with E-state index in [0.29, 0.717) is 11.1 Å². The van der Waals surface area contributed by atoms with Crippen LogP contribution in [-0.2, 0) is 0 Å². The lowest BCUT2D eigenvalue weighted by molar-refractivity contribution is 0.0955. The number of nitrogens with zero attached hydrogens (tertiary/aromatic N) is 1. The van der Waals surface area contributed by atoms with Gasteiger partial charge in [0.15, 0.2) is 0 Å². The van der Waals surface area contributed by atoms with Crippen molar-refractivity contribution in [1.82, 2.24) is 5.43 Å². The second kappa shape index (κ2) is 6.02. The number of aromatic hydroxyl groups is 1. The van der Waals surface area contributed by atoms with Gasteiger partial charge in [-0.25, -0.2) is 5.43 Å². The summed E-state index contributed by atoms with van der Waals surface area (Å²) in [6.45, 7) is 3.85. The highest BCUT2D eigenvalue weighted by molar-refractivity contribution is 5.95. The van der Waals surface area contributed by atoms with E-state index in [1.807, 2.05) is 32.0 Å². The number of nitrogens with one attached hydrogen (secondary N) is 1. The summed E-state index contributed by atoms with van der Waals surface area (Å²) in [4.78, 5) is 11.8. The van der Waals surface area contributed by atoms with Crippen molar-refractivity contribution in [3.05, 3.63) is 64.7 Å². The van der Waals surface area contributed by atoms with E-state index >= 15 is 0 Å². The molecular weight excluding hydrogens is 252 g/mol. The minimum atomic E-state index is -0.284. The van der Waals surface area contributed by atoms with Gasteiger partial charge in [-0.3, -0.25) is 4.79 Å². The molecule has 0 unspecified atom stereocenters. The quantitative estimate of drug-likeness (QED) is 0.664. The SMILES string of the molecule is Cc1ccc(C(=O)N/N=C/c2ccc(C)cc2O)cc1. The summed E-state index contributed by atoms with van der Waals surface area (Å²) in [6.07, 6.45) is 1.42. The molecule has 102 valence electrons. The summed E-state index contributed by atoms with van der Waals surface area (Å²) in [5.41, 5.74) is 5.58. The average Bonchev–Trinajstić information content (AvgIpc) is 2.42. The van der Waals surface area contributed by atoms with Crippen LogP contribution in [0, 0.1) is 13.8 Å². The molecular formula is C16H16N2O2. The molecule has 2 aromatic carbocycles. The Balaban J connectivity index is 2.02. The zero-order valence-corrected chi connectivity index (χ0v) is 11.4. The van der Waals surface area contributed by atoms with Gasteiger partial charge in [0.1, 0.15) is 5.75 Å². The van der Waals surface area contributed by atoms with Crippen LogP contribution in [0.2, 0.25) is 0 Å². The lowest BCUT2D eigenvalue weighted by Gasteiger charge is -2.01. The van der Waals surface area contributed by atoms with Crippen LogP contribution in [0.4, 0.5) is 0 Å². The molecule has 0 bridgehead atoms. The van der Waals surface area contributed by atoms with Gasteiger partial charge in [0.25, 0.3) is 5.91 Å². The van der Waals surface area contributed by atoms with E-state index in [-0.39, 0.29) is 11.7 Å². The topological polar surface area (TPSA) is 61.7 Å². The number of aryl methyl sites for hydroxylation is 2. The van der Waals surface area contributed by atoms with Crippen LogP contribution in [-0.4, -0.2) is 17.2 Å². The number of hydrogen-bond acceptors (Lipinski definition) is 3. The molecule has 0 aliphatic carbocycles. The maximum Gasteiger partial charge on any atom is 0.271 e. The largest absolute Gasteiger partial charge is 0.507 e. The first-order chi connectivity index (χ1) is 9.56. The van der Waals surface area contributed by atoms with Crippen LogP contribution < -0.4 is 5.43 Å². The van der Waals surface area contributed by atoms with Crippen LogP contribution in [0.5, 0.6) is 5.75 Å².